The minimum Gasteiger partial charge on any atom is -0.492 e. The van der Waals surface area contributed by atoms with Crippen molar-refractivity contribution in [1.82, 2.24) is 30.4 Å². The summed E-state index contributed by atoms with van der Waals surface area (Å²) in [5.41, 5.74) is -0.329. The number of aromatic nitrogens is 2. The Kier molecular flexibility index (Phi) is 12.6. The quantitative estimate of drug-likeness (QED) is 0.140. The largest absolute Gasteiger partial charge is 0.492 e. The number of nitrogens with zero attached hydrogens (tertiary/aromatic N) is 4. The molecule has 0 bridgehead atoms. The fourth-order valence-corrected chi connectivity index (χ4v) is 10.2. The van der Waals surface area contributed by atoms with Crippen LogP contribution in [0.15, 0.2) is 29.6 Å². The summed E-state index contributed by atoms with van der Waals surface area (Å²) in [5, 5.41) is 22.6. The normalized spacial score (nSPS) is 27.4. The van der Waals surface area contributed by atoms with Gasteiger partial charge in [0.25, 0.3) is 0 Å². The Morgan fingerprint density at radius 2 is 1.77 bits per heavy atom. The van der Waals surface area contributed by atoms with E-state index in [2.05, 4.69) is 20.9 Å². The van der Waals surface area contributed by atoms with Gasteiger partial charge in [-0.1, -0.05) is 34.1 Å². The highest BCUT2D eigenvalue weighted by Crippen LogP contribution is 2.52. The van der Waals surface area contributed by atoms with Crippen LogP contribution in [0.4, 0.5) is 9.93 Å². The first-order valence-electron chi connectivity index (χ1n) is 22.2. The molecule has 3 aliphatic carbocycles. The Morgan fingerprint density at radius 1 is 1.02 bits per heavy atom. The molecule has 16 nitrogen and oxygen atoms in total. The van der Waals surface area contributed by atoms with Crippen LogP contribution in [0.3, 0.4) is 0 Å². The molecule has 3 aromatic rings. The van der Waals surface area contributed by atoms with Gasteiger partial charge in [0, 0.05) is 55.0 Å². The van der Waals surface area contributed by atoms with Crippen molar-refractivity contribution >= 4 is 51.2 Å². The molecule has 5 fully saturated rings. The van der Waals surface area contributed by atoms with Crippen molar-refractivity contribution in [3.63, 3.8) is 0 Å². The lowest BCUT2D eigenvalue weighted by molar-refractivity contribution is -0.146. The van der Waals surface area contributed by atoms with E-state index >= 15 is 0 Å². The van der Waals surface area contributed by atoms with E-state index in [0.29, 0.717) is 78.3 Å². The molecule has 1 unspecified atom stereocenters. The first kappa shape index (κ1) is 43.9. The summed E-state index contributed by atoms with van der Waals surface area (Å²) in [5.74, 6) is -0.0277. The van der Waals surface area contributed by atoms with Crippen LogP contribution in [-0.4, -0.2) is 131 Å². The van der Waals surface area contributed by atoms with Crippen LogP contribution in [0.2, 0.25) is 0 Å². The van der Waals surface area contributed by atoms with Gasteiger partial charge < -0.3 is 44.9 Å². The van der Waals surface area contributed by atoms with Crippen molar-refractivity contribution in [2.24, 2.45) is 23.2 Å². The molecule has 0 spiro atoms. The van der Waals surface area contributed by atoms with Gasteiger partial charge in [-0.3, -0.25) is 14.5 Å². The van der Waals surface area contributed by atoms with Crippen LogP contribution in [0, 0.1) is 23.2 Å². The number of morpholine rings is 1. The lowest BCUT2D eigenvalue weighted by atomic mass is 9.85. The Labute approximate surface area is 366 Å². The lowest BCUT2D eigenvalue weighted by Crippen LogP contribution is -2.59. The molecule has 8 rings (SSSR count). The summed E-state index contributed by atoms with van der Waals surface area (Å²) in [6.07, 6.45) is 2.27. The van der Waals surface area contributed by atoms with Gasteiger partial charge in [0.2, 0.25) is 11.8 Å². The Bertz CT molecular complexity index is 2140. The van der Waals surface area contributed by atoms with Crippen LogP contribution in [-0.2, 0) is 23.9 Å². The molecule has 336 valence electrons. The van der Waals surface area contributed by atoms with Crippen molar-refractivity contribution < 1.29 is 43.2 Å². The summed E-state index contributed by atoms with van der Waals surface area (Å²) in [7, 11) is 0. The minimum absolute atomic E-state index is 0.00450. The van der Waals surface area contributed by atoms with Crippen LogP contribution >= 0.6 is 11.3 Å². The number of nitrogens with one attached hydrogen (secondary N) is 3. The highest BCUT2D eigenvalue weighted by molar-refractivity contribution is 7.14. The van der Waals surface area contributed by atoms with E-state index < -0.39 is 53.0 Å². The number of amides is 3. The van der Waals surface area contributed by atoms with Gasteiger partial charge in [-0.15, -0.1) is 11.3 Å². The lowest BCUT2D eigenvalue weighted by Gasteiger charge is -2.35. The molecule has 2 saturated heterocycles. The van der Waals surface area contributed by atoms with E-state index in [0.717, 1.165) is 37.6 Å². The number of carboxylic acids is 1. The van der Waals surface area contributed by atoms with Crippen molar-refractivity contribution in [1.29, 1.82) is 0 Å². The van der Waals surface area contributed by atoms with Gasteiger partial charge in [0.15, 0.2) is 5.13 Å². The molecular formula is C45H61N7O9S. The number of thiazole rings is 1. The van der Waals surface area contributed by atoms with Crippen LogP contribution in [0.5, 0.6) is 11.5 Å². The maximum atomic E-state index is 14.8. The third-order valence-corrected chi connectivity index (χ3v) is 13.8. The molecule has 3 saturated carbocycles. The number of pyridine rings is 1. The average molecular weight is 876 g/mol. The molecular weight excluding hydrogens is 815 g/mol. The van der Waals surface area contributed by atoms with Gasteiger partial charge >= 0.3 is 12.1 Å². The van der Waals surface area contributed by atoms with Crippen LogP contribution < -0.4 is 25.4 Å². The predicted octanol–water partition coefficient (Wildman–Crippen LogP) is 5.55. The number of aliphatic carboxylic acids is 1. The summed E-state index contributed by atoms with van der Waals surface area (Å²) in [6.45, 7) is 15.9. The van der Waals surface area contributed by atoms with Crippen molar-refractivity contribution in [3.8, 4) is 22.9 Å². The maximum absolute atomic E-state index is 14.8. The maximum Gasteiger partial charge on any atom is 0.408 e. The van der Waals surface area contributed by atoms with Gasteiger partial charge in [0.05, 0.1) is 31.0 Å². The van der Waals surface area contributed by atoms with Crippen molar-refractivity contribution in [2.75, 3.05) is 51.3 Å². The van der Waals surface area contributed by atoms with E-state index in [4.69, 9.17) is 28.9 Å². The summed E-state index contributed by atoms with van der Waals surface area (Å²) in [4.78, 5) is 68.5. The monoisotopic (exact) mass is 875 g/mol. The third kappa shape index (κ3) is 9.74. The highest BCUT2D eigenvalue weighted by atomic mass is 32.1. The molecule has 17 heteroatoms. The SMILES string of the molecule is CC[C@@H]1C[C@]1(NC(=O)[C@@H]1C[C@@H](Oc2cc(-c3csc(NC(C)C)n3)nc3cc(OCCN4CCOCC4)ccc23)CN1C(=O)C(NC(=O)O[C@@H]1C[C@@H]2C[C@@H]2C1)C(C)(C)C)C(=O)O. The standard InChI is InChI=1S/C45H61N7O9S/c1-7-28-22-45(28,41(55)56)50-39(53)36-20-31(23-52(36)40(54)38(44(4,5)6)49-43(57)61-30-17-26-16-27(26)18-30)60-37-21-34(35-24-62-42(48-35)46-25(2)3)47-33-19-29(8-9-32(33)37)59-15-12-51-10-13-58-14-11-51/h8-9,19,21,24-28,30-31,36,38H,7,10-18,20,22-23H2,1-6H3,(H,46,48)(H,49,57)(H,50,53)(H,55,56)/t26-,27+,28-,30+,31-,36+,38?,45-/m1/s1. The van der Waals surface area contributed by atoms with E-state index in [-0.39, 0.29) is 31.0 Å². The number of anilines is 1. The smallest absolute Gasteiger partial charge is 0.408 e. The second-order valence-corrected chi connectivity index (χ2v) is 19.9. The van der Waals surface area contributed by atoms with Crippen molar-refractivity contribution in [3.05, 3.63) is 29.6 Å². The van der Waals surface area contributed by atoms with Crippen LogP contribution in [0.1, 0.15) is 80.1 Å². The van der Waals surface area contributed by atoms with Gasteiger partial charge in [-0.05, 0) is 74.8 Å². The molecule has 62 heavy (non-hydrogen) atoms. The van der Waals surface area contributed by atoms with E-state index in [1.54, 1.807) is 0 Å². The Balaban J connectivity index is 1.07. The zero-order chi connectivity index (χ0) is 43.9. The second kappa shape index (κ2) is 17.8. The molecule has 5 aliphatic rings. The molecule has 8 atom stereocenters. The van der Waals surface area contributed by atoms with Gasteiger partial charge in [-0.2, -0.15) is 0 Å². The van der Waals surface area contributed by atoms with E-state index in [1.807, 2.05) is 71.2 Å². The van der Waals surface area contributed by atoms with Gasteiger partial charge in [-0.25, -0.2) is 19.6 Å². The summed E-state index contributed by atoms with van der Waals surface area (Å²) < 4.78 is 24.3. The van der Waals surface area contributed by atoms with Crippen LogP contribution in [0.25, 0.3) is 22.3 Å². The number of carboxylic acid groups (broad SMARTS) is 1. The number of hydrogen-bond donors (Lipinski definition) is 4. The minimum atomic E-state index is -1.40. The molecule has 4 heterocycles. The number of hydrogen-bond acceptors (Lipinski definition) is 13. The topological polar surface area (TPSA) is 194 Å². The molecule has 3 amide bonds. The first-order valence-corrected chi connectivity index (χ1v) is 23.1. The number of benzene rings is 1. The first-order chi connectivity index (χ1) is 29.6. The van der Waals surface area contributed by atoms with Gasteiger partial charge in [0.1, 0.15) is 53.6 Å². The Morgan fingerprint density at radius 3 is 2.45 bits per heavy atom. The van der Waals surface area contributed by atoms with Crippen molar-refractivity contribution in [2.45, 2.75) is 116 Å². The molecule has 2 aromatic heterocycles. The summed E-state index contributed by atoms with van der Waals surface area (Å²) in [6, 6.07) is 5.54. The predicted molar refractivity (Wildman–Crippen MR) is 233 cm³/mol. The number of ether oxygens (including phenoxy) is 4. The number of fused-ring (bicyclic) bond motifs is 2. The Hall–Kier alpha value is -4.74. The second-order valence-electron chi connectivity index (χ2n) is 19.1. The number of likely N-dealkylation sites (tertiary alicyclic amines) is 1. The number of carbonyl (C=O) groups excluding carboxylic acids is 3. The summed E-state index contributed by atoms with van der Waals surface area (Å²) >= 11 is 1.47. The molecule has 1 aromatic carbocycles. The molecule has 4 N–H and O–H groups in total. The number of rotatable bonds is 16. The zero-order valence-electron chi connectivity index (χ0n) is 36.6. The third-order valence-electron chi connectivity index (χ3n) is 13.0. The van der Waals surface area contributed by atoms with E-state index in [9.17, 15) is 24.3 Å². The average Bonchev–Trinajstić information content (AvgIpc) is 3.89. The molecule has 0 radical (unpaired) electrons. The number of carbonyl (C=O) groups is 4. The zero-order valence-corrected chi connectivity index (χ0v) is 37.4. The highest BCUT2D eigenvalue weighted by Gasteiger charge is 2.61. The van der Waals surface area contributed by atoms with E-state index in [1.165, 1.54) is 22.7 Å². The fraction of sp³-hybridized carbons (Fsp3) is 0.644. The fourth-order valence-electron chi connectivity index (χ4n) is 9.34. The number of alkyl carbamates (subject to hydrolysis) is 1. The molecule has 2 aliphatic heterocycles.